The summed E-state index contributed by atoms with van der Waals surface area (Å²) < 4.78 is 0. The Kier molecular flexibility index (Phi) is 4.29. The van der Waals surface area contributed by atoms with Crippen LogP contribution >= 0.6 is 0 Å². The Balaban J connectivity index is 2.31. The average Bonchev–Trinajstić information content (AvgIpc) is 2.61. The summed E-state index contributed by atoms with van der Waals surface area (Å²) in [5, 5.41) is 5.22. The SMILES string of the molecule is CC(NCC1(C)CCCC1)C(=O)NC(N)=O. The molecule has 0 bridgehead atoms. The third-order valence-corrected chi connectivity index (χ3v) is 3.29. The molecule has 0 aromatic heterocycles. The van der Waals surface area contributed by atoms with Crippen molar-refractivity contribution in [1.82, 2.24) is 10.6 Å². The van der Waals surface area contributed by atoms with E-state index in [9.17, 15) is 9.59 Å². The van der Waals surface area contributed by atoms with Gasteiger partial charge in [0, 0.05) is 6.54 Å². The number of nitrogens with one attached hydrogen (secondary N) is 2. The lowest BCUT2D eigenvalue weighted by Gasteiger charge is -2.25. The Bertz CT molecular complexity index is 272. The Morgan fingerprint density at radius 3 is 2.44 bits per heavy atom. The van der Waals surface area contributed by atoms with Crippen molar-refractivity contribution in [2.24, 2.45) is 11.1 Å². The van der Waals surface area contributed by atoms with Gasteiger partial charge in [0.15, 0.2) is 0 Å². The lowest BCUT2D eigenvalue weighted by Crippen LogP contribution is -2.48. The molecule has 1 aliphatic rings. The highest BCUT2D eigenvalue weighted by Crippen LogP contribution is 2.36. The Morgan fingerprint density at radius 1 is 1.38 bits per heavy atom. The van der Waals surface area contributed by atoms with Crippen LogP contribution in [0.4, 0.5) is 4.79 Å². The molecule has 1 fully saturated rings. The number of carbonyl (C=O) groups excluding carboxylic acids is 2. The number of hydrogen-bond acceptors (Lipinski definition) is 3. The summed E-state index contributed by atoms with van der Waals surface area (Å²) in [5.41, 5.74) is 5.17. The maximum atomic E-state index is 11.4. The van der Waals surface area contributed by atoms with E-state index < -0.39 is 6.03 Å². The maximum Gasteiger partial charge on any atom is 0.318 e. The number of nitrogens with two attached hydrogens (primary N) is 1. The van der Waals surface area contributed by atoms with Gasteiger partial charge in [-0.3, -0.25) is 10.1 Å². The first-order chi connectivity index (χ1) is 7.43. The summed E-state index contributed by atoms with van der Waals surface area (Å²) in [4.78, 5) is 21.9. The first-order valence-corrected chi connectivity index (χ1v) is 5.77. The van der Waals surface area contributed by atoms with Crippen molar-refractivity contribution in [2.45, 2.75) is 45.6 Å². The summed E-state index contributed by atoms with van der Waals surface area (Å²) in [5.74, 6) is -0.367. The predicted molar refractivity (Wildman–Crippen MR) is 61.8 cm³/mol. The molecule has 1 atom stereocenters. The molecule has 0 heterocycles. The lowest BCUT2D eigenvalue weighted by molar-refractivity contribution is -0.121. The third kappa shape index (κ3) is 3.81. The second-order valence-corrected chi connectivity index (χ2v) is 4.97. The van der Waals surface area contributed by atoms with E-state index in [4.69, 9.17) is 5.73 Å². The fourth-order valence-electron chi connectivity index (χ4n) is 2.13. The Labute approximate surface area is 96.1 Å². The van der Waals surface area contributed by atoms with Crippen LogP contribution in [-0.2, 0) is 4.79 Å². The van der Waals surface area contributed by atoms with Crippen molar-refractivity contribution < 1.29 is 9.59 Å². The molecule has 0 spiro atoms. The van der Waals surface area contributed by atoms with E-state index in [1.165, 1.54) is 25.7 Å². The van der Waals surface area contributed by atoms with Crippen LogP contribution < -0.4 is 16.4 Å². The van der Waals surface area contributed by atoms with E-state index in [-0.39, 0.29) is 11.9 Å². The van der Waals surface area contributed by atoms with Gasteiger partial charge in [0.05, 0.1) is 6.04 Å². The lowest BCUT2D eigenvalue weighted by atomic mass is 9.88. The van der Waals surface area contributed by atoms with E-state index in [2.05, 4.69) is 17.6 Å². The molecule has 5 nitrogen and oxygen atoms in total. The normalized spacial score (nSPS) is 20.4. The highest BCUT2D eigenvalue weighted by molar-refractivity contribution is 5.96. The van der Waals surface area contributed by atoms with Gasteiger partial charge in [-0.25, -0.2) is 4.79 Å². The number of imide groups is 1. The molecule has 0 saturated heterocycles. The van der Waals surface area contributed by atoms with Crippen LogP contribution in [0.3, 0.4) is 0 Å². The van der Waals surface area contributed by atoms with Gasteiger partial charge >= 0.3 is 6.03 Å². The zero-order valence-electron chi connectivity index (χ0n) is 10.0. The van der Waals surface area contributed by atoms with Crippen molar-refractivity contribution in [2.75, 3.05) is 6.54 Å². The molecular formula is C11H21N3O2. The van der Waals surface area contributed by atoms with E-state index in [1.54, 1.807) is 6.92 Å². The van der Waals surface area contributed by atoms with Crippen LogP contribution in [0.1, 0.15) is 39.5 Å². The standard InChI is InChI=1S/C11H21N3O2/c1-8(9(15)14-10(12)16)13-7-11(2)5-3-4-6-11/h8,13H,3-7H2,1-2H3,(H3,12,14,15,16). The second-order valence-electron chi connectivity index (χ2n) is 4.97. The largest absolute Gasteiger partial charge is 0.351 e. The van der Waals surface area contributed by atoms with Crippen molar-refractivity contribution in [1.29, 1.82) is 0 Å². The summed E-state index contributed by atoms with van der Waals surface area (Å²) in [6.45, 7) is 4.77. The molecule has 4 N–H and O–H groups in total. The van der Waals surface area contributed by atoms with E-state index >= 15 is 0 Å². The maximum absolute atomic E-state index is 11.4. The number of primary amides is 1. The Hall–Kier alpha value is -1.10. The summed E-state index contributed by atoms with van der Waals surface area (Å²) in [6, 6.07) is -1.18. The van der Waals surface area contributed by atoms with Gasteiger partial charge in [-0.05, 0) is 25.2 Å². The summed E-state index contributed by atoms with van der Waals surface area (Å²) >= 11 is 0. The van der Waals surface area contributed by atoms with Gasteiger partial charge in [-0.1, -0.05) is 19.8 Å². The van der Waals surface area contributed by atoms with Crippen molar-refractivity contribution in [3.63, 3.8) is 0 Å². The van der Waals surface area contributed by atoms with Gasteiger partial charge in [0.25, 0.3) is 0 Å². The second kappa shape index (κ2) is 5.30. The molecule has 5 heteroatoms. The third-order valence-electron chi connectivity index (χ3n) is 3.29. The van der Waals surface area contributed by atoms with Crippen molar-refractivity contribution in [3.05, 3.63) is 0 Å². The molecule has 0 aliphatic heterocycles. The minimum Gasteiger partial charge on any atom is -0.351 e. The number of hydrogen-bond donors (Lipinski definition) is 3. The molecule has 3 amide bonds. The van der Waals surface area contributed by atoms with Crippen LogP contribution in [-0.4, -0.2) is 24.5 Å². The highest BCUT2D eigenvalue weighted by Gasteiger charge is 2.29. The predicted octanol–water partition coefficient (Wildman–Crippen LogP) is 0.740. The minimum atomic E-state index is -0.800. The fourth-order valence-corrected chi connectivity index (χ4v) is 2.13. The summed E-state index contributed by atoms with van der Waals surface area (Å²) in [6.07, 6.45) is 4.93. The molecule has 1 rings (SSSR count). The van der Waals surface area contributed by atoms with Gasteiger partial charge in [0.2, 0.25) is 5.91 Å². The first kappa shape index (κ1) is 13.0. The van der Waals surface area contributed by atoms with Crippen LogP contribution in [0, 0.1) is 5.41 Å². The highest BCUT2D eigenvalue weighted by atomic mass is 16.2. The molecule has 16 heavy (non-hydrogen) atoms. The van der Waals surface area contributed by atoms with Crippen LogP contribution in [0.2, 0.25) is 0 Å². The van der Waals surface area contributed by atoms with Crippen LogP contribution in [0.5, 0.6) is 0 Å². The molecular weight excluding hydrogens is 206 g/mol. The molecule has 0 radical (unpaired) electrons. The molecule has 92 valence electrons. The van der Waals surface area contributed by atoms with E-state index in [0.717, 1.165) is 6.54 Å². The molecule has 1 saturated carbocycles. The van der Waals surface area contributed by atoms with E-state index in [1.807, 2.05) is 0 Å². The molecule has 0 aromatic carbocycles. The zero-order valence-corrected chi connectivity index (χ0v) is 10.0. The summed E-state index contributed by atoms with van der Waals surface area (Å²) in [7, 11) is 0. The van der Waals surface area contributed by atoms with Gasteiger partial charge in [-0.15, -0.1) is 0 Å². The average molecular weight is 227 g/mol. The van der Waals surface area contributed by atoms with Gasteiger partial charge < -0.3 is 11.1 Å². The molecule has 1 unspecified atom stereocenters. The van der Waals surface area contributed by atoms with E-state index in [0.29, 0.717) is 5.41 Å². The minimum absolute atomic E-state index is 0.293. The first-order valence-electron chi connectivity index (χ1n) is 5.77. The zero-order chi connectivity index (χ0) is 12.2. The fraction of sp³-hybridized carbons (Fsp3) is 0.818. The van der Waals surface area contributed by atoms with Gasteiger partial charge in [0.1, 0.15) is 0 Å². The van der Waals surface area contributed by atoms with Crippen LogP contribution in [0.15, 0.2) is 0 Å². The number of rotatable bonds is 4. The quantitative estimate of drug-likeness (QED) is 0.662. The van der Waals surface area contributed by atoms with Crippen LogP contribution in [0.25, 0.3) is 0 Å². The van der Waals surface area contributed by atoms with Crippen molar-refractivity contribution >= 4 is 11.9 Å². The number of carbonyl (C=O) groups is 2. The van der Waals surface area contributed by atoms with Crippen molar-refractivity contribution in [3.8, 4) is 0 Å². The monoisotopic (exact) mass is 227 g/mol. The number of amides is 3. The molecule has 0 aromatic rings. The number of urea groups is 1. The smallest absolute Gasteiger partial charge is 0.318 e. The molecule has 1 aliphatic carbocycles. The Morgan fingerprint density at radius 2 is 1.94 bits per heavy atom. The van der Waals surface area contributed by atoms with Gasteiger partial charge in [-0.2, -0.15) is 0 Å². The topological polar surface area (TPSA) is 84.2 Å².